The van der Waals surface area contributed by atoms with E-state index in [0.717, 1.165) is 17.8 Å². The summed E-state index contributed by atoms with van der Waals surface area (Å²) in [6.45, 7) is 17.2. The molecule has 0 aromatic carbocycles. The number of rotatable bonds is 6. The number of ether oxygens (including phenoxy) is 1. The third-order valence-corrected chi connectivity index (χ3v) is 7.34. The molecule has 0 aromatic rings. The molecule has 154 valence electrons. The molecule has 2 saturated carbocycles. The fourth-order valence-corrected chi connectivity index (χ4v) is 6.14. The molecule has 26 heavy (non-hydrogen) atoms. The number of hydrogen-bond acceptors (Lipinski definition) is 1. The SMILES string of the molecule is CO[C@H]1CCC(CC(C)(C)CC2CCC(C)(C)CC2)C[C@@H]1CC(C)(C)C. The standard InChI is InChI=1S/C25H48O/c1-23(2,3)18-21-15-20(9-10-22(21)26-8)17-25(6,7)16-19-11-13-24(4,5)14-12-19/h19-22H,9-18H2,1-8H3/t20?,21-,22+/m1/s1. The Morgan fingerprint density at radius 3 is 1.92 bits per heavy atom. The Balaban J connectivity index is 1.87. The highest BCUT2D eigenvalue weighted by atomic mass is 16.5. The minimum atomic E-state index is 0.410. The van der Waals surface area contributed by atoms with Crippen molar-refractivity contribution in [3.63, 3.8) is 0 Å². The van der Waals surface area contributed by atoms with E-state index in [1.54, 1.807) is 0 Å². The summed E-state index contributed by atoms with van der Waals surface area (Å²) in [6.07, 6.45) is 14.5. The Labute approximate surface area is 165 Å². The first-order valence-electron chi connectivity index (χ1n) is 11.4. The van der Waals surface area contributed by atoms with Gasteiger partial charge in [0.05, 0.1) is 6.10 Å². The zero-order chi connectivity index (χ0) is 19.6. The molecule has 0 heterocycles. The highest BCUT2D eigenvalue weighted by Crippen LogP contribution is 2.47. The van der Waals surface area contributed by atoms with E-state index < -0.39 is 0 Å². The van der Waals surface area contributed by atoms with Crippen LogP contribution < -0.4 is 0 Å². The fraction of sp³-hybridized carbons (Fsp3) is 1.00. The van der Waals surface area contributed by atoms with Crippen molar-refractivity contribution in [2.24, 2.45) is 34.0 Å². The van der Waals surface area contributed by atoms with Crippen molar-refractivity contribution in [1.29, 1.82) is 0 Å². The summed E-state index contributed by atoms with van der Waals surface area (Å²) in [5.41, 5.74) is 1.51. The topological polar surface area (TPSA) is 9.23 Å². The van der Waals surface area contributed by atoms with Gasteiger partial charge in [0.1, 0.15) is 0 Å². The molecule has 0 N–H and O–H groups in total. The van der Waals surface area contributed by atoms with Crippen molar-refractivity contribution >= 4 is 0 Å². The minimum absolute atomic E-state index is 0.410. The van der Waals surface area contributed by atoms with Crippen LogP contribution in [0.2, 0.25) is 0 Å². The summed E-state index contributed by atoms with van der Waals surface area (Å²) < 4.78 is 5.87. The van der Waals surface area contributed by atoms with E-state index in [9.17, 15) is 0 Å². The molecule has 2 rings (SSSR count). The van der Waals surface area contributed by atoms with Crippen LogP contribution in [0.5, 0.6) is 0 Å². The van der Waals surface area contributed by atoms with Gasteiger partial charge < -0.3 is 4.74 Å². The predicted octanol–water partition coefficient (Wildman–Crippen LogP) is 7.88. The molecule has 0 bridgehead atoms. The highest BCUT2D eigenvalue weighted by Gasteiger charge is 2.37. The van der Waals surface area contributed by atoms with E-state index in [4.69, 9.17) is 4.74 Å². The molecule has 2 fully saturated rings. The highest BCUT2D eigenvalue weighted by molar-refractivity contribution is 4.88. The predicted molar refractivity (Wildman–Crippen MR) is 114 cm³/mol. The second-order valence-corrected chi connectivity index (χ2v) is 12.7. The Bertz CT molecular complexity index is 418. The maximum Gasteiger partial charge on any atom is 0.0599 e. The quantitative estimate of drug-likeness (QED) is 0.466. The lowest BCUT2D eigenvalue weighted by molar-refractivity contribution is -0.0151. The minimum Gasteiger partial charge on any atom is -0.381 e. The average Bonchev–Trinajstić information content (AvgIpc) is 2.47. The third kappa shape index (κ3) is 7.17. The van der Waals surface area contributed by atoms with Crippen LogP contribution in [0.4, 0.5) is 0 Å². The van der Waals surface area contributed by atoms with Crippen LogP contribution >= 0.6 is 0 Å². The van der Waals surface area contributed by atoms with Gasteiger partial charge in [-0.25, -0.2) is 0 Å². The Kier molecular flexibility index (Phi) is 7.31. The van der Waals surface area contributed by atoms with Crippen LogP contribution in [-0.2, 0) is 4.74 Å². The summed E-state index contributed by atoms with van der Waals surface area (Å²) in [6, 6.07) is 0. The van der Waals surface area contributed by atoms with Crippen molar-refractivity contribution in [3.8, 4) is 0 Å². The lowest BCUT2D eigenvalue weighted by atomic mass is 9.65. The molecular formula is C25H48O. The van der Waals surface area contributed by atoms with Crippen molar-refractivity contribution in [1.82, 2.24) is 0 Å². The monoisotopic (exact) mass is 364 g/mol. The lowest BCUT2D eigenvalue weighted by Crippen LogP contribution is -2.35. The van der Waals surface area contributed by atoms with E-state index in [1.807, 2.05) is 7.11 Å². The zero-order valence-corrected chi connectivity index (χ0v) is 19.3. The van der Waals surface area contributed by atoms with Crippen LogP contribution in [0, 0.1) is 34.0 Å². The van der Waals surface area contributed by atoms with Gasteiger partial charge in [-0.1, -0.05) is 48.5 Å². The second kappa shape index (κ2) is 8.54. The maximum atomic E-state index is 5.87. The second-order valence-electron chi connectivity index (χ2n) is 12.7. The molecule has 0 amide bonds. The van der Waals surface area contributed by atoms with Crippen molar-refractivity contribution in [2.75, 3.05) is 7.11 Å². The van der Waals surface area contributed by atoms with E-state index in [-0.39, 0.29) is 0 Å². The van der Waals surface area contributed by atoms with E-state index in [2.05, 4.69) is 48.5 Å². The first-order chi connectivity index (χ1) is 11.9. The first-order valence-corrected chi connectivity index (χ1v) is 11.4. The molecule has 2 aliphatic rings. The maximum absolute atomic E-state index is 5.87. The molecule has 0 radical (unpaired) electrons. The van der Waals surface area contributed by atoms with Gasteiger partial charge in [0, 0.05) is 7.11 Å². The van der Waals surface area contributed by atoms with Crippen molar-refractivity contribution in [2.45, 2.75) is 119 Å². The Hall–Kier alpha value is -0.0400. The zero-order valence-electron chi connectivity index (χ0n) is 19.3. The van der Waals surface area contributed by atoms with Gasteiger partial charge in [0.2, 0.25) is 0 Å². The Morgan fingerprint density at radius 2 is 1.38 bits per heavy atom. The van der Waals surface area contributed by atoms with Crippen LogP contribution in [0.1, 0.15) is 113 Å². The van der Waals surface area contributed by atoms with Gasteiger partial charge in [-0.2, -0.15) is 0 Å². The molecule has 0 aliphatic heterocycles. The molecule has 0 aromatic heterocycles. The van der Waals surface area contributed by atoms with Gasteiger partial charge in [0.25, 0.3) is 0 Å². The van der Waals surface area contributed by atoms with Gasteiger partial charge in [-0.3, -0.25) is 0 Å². The molecular weight excluding hydrogens is 316 g/mol. The summed E-state index contributed by atoms with van der Waals surface area (Å²) in [4.78, 5) is 0. The molecule has 0 saturated heterocycles. The molecule has 3 atom stereocenters. The van der Waals surface area contributed by atoms with Gasteiger partial charge in [0.15, 0.2) is 0 Å². The number of hydrogen-bond donors (Lipinski definition) is 0. The molecule has 1 heteroatoms. The summed E-state index contributed by atoms with van der Waals surface area (Å²) >= 11 is 0. The van der Waals surface area contributed by atoms with E-state index >= 15 is 0 Å². The Morgan fingerprint density at radius 1 is 0.808 bits per heavy atom. The molecule has 2 aliphatic carbocycles. The van der Waals surface area contributed by atoms with Gasteiger partial charge in [-0.15, -0.1) is 0 Å². The summed E-state index contributed by atoms with van der Waals surface area (Å²) in [5, 5.41) is 0. The summed E-state index contributed by atoms with van der Waals surface area (Å²) in [5.74, 6) is 2.63. The summed E-state index contributed by atoms with van der Waals surface area (Å²) in [7, 11) is 1.93. The molecule has 1 unspecified atom stereocenters. The number of methoxy groups -OCH3 is 1. The largest absolute Gasteiger partial charge is 0.381 e. The van der Waals surface area contributed by atoms with Crippen LogP contribution in [-0.4, -0.2) is 13.2 Å². The molecule has 1 nitrogen and oxygen atoms in total. The van der Waals surface area contributed by atoms with Crippen molar-refractivity contribution in [3.05, 3.63) is 0 Å². The molecule has 0 spiro atoms. The van der Waals surface area contributed by atoms with Crippen molar-refractivity contribution < 1.29 is 4.74 Å². The fourth-order valence-electron chi connectivity index (χ4n) is 6.14. The third-order valence-electron chi connectivity index (χ3n) is 7.34. The van der Waals surface area contributed by atoms with Gasteiger partial charge in [-0.05, 0) is 98.2 Å². The van der Waals surface area contributed by atoms with E-state index in [0.29, 0.717) is 22.3 Å². The lowest BCUT2D eigenvalue weighted by Gasteiger charge is -2.42. The van der Waals surface area contributed by atoms with Crippen LogP contribution in [0.15, 0.2) is 0 Å². The van der Waals surface area contributed by atoms with Crippen LogP contribution in [0.25, 0.3) is 0 Å². The van der Waals surface area contributed by atoms with Gasteiger partial charge >= 0.3 is 0 Å². The van der Waals surface area contributed by atoms with E-state index in [1.165, 1.54) is 64.2 Å². The smallest absolute Gasteiger partial charge is 0.0599 e. The van der Waals surface area contributed by atoms with Crippen LogP contribution in [0.3, 0.4) is 0 Å². The first kappa shape index (κ1) is 22.3. The normalized spacial score (nSPS) is 31.2. The average molecular weight is 365 g/mol.